The molecular weight excluding hydrogens is 356 g/mol. The summed E-state index contributed by atoms with van der Waals surface area (Å²) in [6.45, 7) is 3.51. The Morgan fingerprint density at radius 1 is 1.18 bits per heavy atom. The summed E-state index contributed by atoms with van der Waals surface area (Å²) in [6, 6.07) is 15.3. The lowest BCUT2D eigenvalue weighted by atomic mass is 10.1. The zero-order valence-corrected chi connectivity index (χ0v) is 16.3. The van der Waals surface area contributed by atoms with Gasteiger partial charge in [-0.3, -0.25) is 9.59 Å². The largest absolute Gasteiger partial charge is 0.493 e. The summed E-state index contributed by atoms with van der Waals surface area (Å²) in [7, 11) is 1.56. The summed E-state index contributed by atoms with van der Waals surface area (Å²) in [4.78, 5) is 26.7. The van der Waals surface area contributed by atoms with E-state index in [2.05, 4.69) is 5.32 Å². The Hall–Kier alpha value is -3.02. The van der Waals surface area contributed by atoms with Crippen molar-refractivity contribution in [2.24, 2.45) is 5.92 Å². The van der Waals surface area contributed by atoms with Crippen LogP contribution in [0.3, 0.4) is 0 Å². The maximum atomic E-state index is 12.6. The number of methoxy groups -OCH3 is 1. The van der Waals surface area contributed by atoms with Crippen LogP contribution in [0, 0.1) is 5.92 Å². The number of likely N-dealkylation sites (tertiary alicyclic amines) is 1. The first-order valence-electron chi connectivity index (χ1n) is 9.54. The monoisotopic (exact) mass is 382 g/mol. The molecule has 1 aliphatic rings. The molecule has 0 unspecified atom stereocenters. The van der Waals surface area contributed by atoms with E-state index in [0.717, 1.165) is 6.42 Å². The van der Waals surface area contributed by atoms with Crippen molar-refractivity contribution in [3.8, 4) is 11.5 Å². The van der Waals surface area contributed by atoms with Crippen molar-refractivity contribution in [1.29, 1.82) is 0 Å². The molecule has 1 saturated heterocycles. The summed E-state index contributed by atoms with van der Waals surface area (Å²) in [5.41, 5.74) is 1.81. The molecular formula is C22H26N2O4. The number of anilines is 1. The van der Waals surface area contributed by atoms with E-state index in [1.165, 1.54) is 5.56 Å². The molecule has 2 aromatic carbocycles. The van der Waals surface area contributed by atoms with Crippen LogP contribution in [-0.4, -0.2) is 43.5 Å². The van der Waals surface area contributed by atoms with Crippen LogP contribution in [0.15, 0.2) is 48.5 Å². The molecule has 1 atom stereocenters. The van der Waals surface area contributed by atoms with Crippen LogP contribution < -0.4 is 14.8 Å². The maximum absolute atomic E-state index is 12.6. The van der Waals surface area contributed by atoms with Crippen molar-refractivity contribution in [2.45, 2.75) is 19.8 Å². The van der Waals surface area contributed by atoms with Gasteiger partial charge in [0, 0.05) is 31.3 Å². The first kappa shape index (κ1) is 19.7. The Morgan fingerprint density at radius 3 is 2.68 bits per heavy atom. The number of carbonyl (C=O) groups is 2. The molecule has 1 N–H and O–H groups in total. The van der Waals surface area contributed by atoms with Crippen LogP contribution in [0.4, 0.5) is 5.69 Å². The SMILES string of the molecule is CCOc1ccc(NC(=O)[C@@H]2CC(=O)N(CCc3ccccc3)C2)cc1OC. The minimum atomic E-state index is -0.346. The fourth-order valence-corrected chi connectivity index (χ4v) is 3.34. The van der Waals surface area contributed by atoms with Gasteiger partial charge in [-0.25, -0.2) is 0 Å². The number of ether oxygens (including phenoxy) is 2. The Morgan fingerprint density at radius 2 is 1.96 bits per heavy atom. The van der Waals surface area contributed by atoms with Crippen LogP contribution in [0.5, 0.6) is 11.5 Å². The Labute approximate surface area is 165 Å². The second-order valence-electron chi connectivity index (χ2n) is 6.76. The van der Waals surface area contributed by atoms with E-state index in [0.29, 0.717) is 36.9 Å². The molecule has 0 aliphatic carbocycles. The predicted molar refractivity (Wildman–Crippen MR) is 108 cm³/mol. The second-order valence-corrected chi connectivity index (χ2v) is 6.76. The molecule has 1 heterocycles. The molecule has 28 heavy (non-hydrogen) atoms. The van der Waals surface area contributed by atoms with Gasteiger partial charge in [-0.15, -0.1) is 0 Å². The molecule has 6 heteroatoms. The fraction of sp³-hybridized carbons (Fsp3) is 0.364. The van der Waals surface area contributed by atoms with E-state index in [4.69, 9.17) is 9.47 Å². The Bertz CT molecular complexity index is 823. The maximum Gasteiger partial charge on any atom is 0.229 e. The van der Waals surface area contributed by atoms with Gasteiger partial charge in [-0.2, -0.15) is 0 Å². The van der Waals surface area contributed by atoms with Gasteiger partial charge in [-0.1, -0.05) is 30.3 Å². The fourth-order valence-electron chi connectivity index (χ4n) is 3.34. The zero-order chi connectivity index (χ0) is 19.9. The summed E-state index contributed by atoms with van der Waals surface area (Å²) in [5.74, 6) is 0.723. The molecule has 0 bridgehead atoms. The molecule has 1 fully saturated rings. The molecule has 2 amide bonds. The highest BCUT2D eigenvalue weighted by Crippen LogP contribution is 2.30. The predicted octanol–water partition coefficient (Wildman–Crippen LogP) is 3.12. The molecule has 3 rings (SSSR count). The lowest BCUT2D eigenvalue weighted by Crippen LogP contribution is -2.30. The molecule has 1 aliphatic heterocycles. The lowest BCUT2D eigenvalue weighted by molar-refractivity contribution is -0.128. The first-order valence-corrected chi connectivity index (χ1v) is 9.54. The van der Waals surface area contributed by atoms with Crippen LogP contribution in [0.25, 0.3) is 0 Å². The van der Waals surface area contributed by atoms with Crippen LogP contribution in [0.1, 0.15) is 18.9 Å². The number of nitrogens with one attached hydrogen (secondary N) is 1. The van der Waals surface area contributed by atoms with E-state index >= 15 is 0 Å². The van der Waals surface area contributed by atoms with Crippen molar-refractivity contribution in [1.82, 2.24) is 4.90 Å². The average molecular weight is 382 g/mol. The number of hydrogen-bond acceptors (Lipinski definition) is 4. The third-order valence-electron chi connectivity index (χ3n) is 4.83. The third-order valence-corrected chi connectivity index (χ3v) is 4.83. The van der Waals surface area contributed by atoms with Gasteiger partial charge in [-0.05, 0) is 31.0 Å². The highest BCUT2D eigenvalue weighted by Gasteiger charge is 2.34. The van der Waals surface area contributed by atoms with E-state index in [-0.39, 0.29) is 24.2 Å². The smallest absolute Gasteiger partial charge is 0.229 e. The van der Waals surface area contributed by atoms with Crippen LogP contribution >= 0.6 is 0 Å². The first-order chi connectivity index (χ1) is 13.6. The number of amides is 2. The van der Waals surface area contributed by atoms with Crippen molar-refractivity contribution in [3.05, 3.63) is 54.1 Å². The van der Waals surface area contributed by atoms with Gasteiger partial charge < -0.3 is 19.7 Å². The van der Waals surface area contributed by atoms with Gasteiger partial charge in [0.2, 0.25) is 11.8 Å². The van der Waals surface area contributed by atoms with E-state index in [1.807, 2.05) is 37.3 Å². The second kappa shape index (κ2) is 9.26. The average Bonchev–Trinajstić information content (AvgIpc) is 3.09. The molecule has 0 radical (unpaired) electrons. The van der Waals surface area contributed by atoms with Crippen molar-refractivity contribution >= 4 is 17.5 Å². The summed E-state index contributed by atoms with van der Waals surface area (Å²) < 4.78 is 10.8. The summed E-state index contributed by atoms with van der Waals surface area (Å²) >= 11 is 0. The normalized spacial score (nSPS) is 16.1. The Kier molecular flexibility index (Phi) is 6.53. The minimum Gasteiger partial charge on any atom is -0.493 e. The number of hydrogen-bond donors (Lipinski definition) is 1. The van der Waals surface area contributed by atoms with Crippen molar-refractivity contribution in [2.75, 3.05) is 32.1 Å². The van der Waals surface area contributed by atoms with Gasteiger partial charge in [0.15, 0.2) is 11.5 Å². The Balaban J connectivity index is 1.57. The molecule has 148 valence electrons. The molecule has 6 nitrogen and oxygen atoms in total. The van der Waals surface area contributed by atoms with Crippen molar-refractivity contribution in [3.63, 3.8) is 0 Å². The van der Waals surface area contributed by atoms with E-state index in [9.17, 15) is 9.59 Å². The molecule has 0 aromatic heterocycles. The number of benzene rings is 2. The number of rotatable bonds is 8. The van der Waals surface area contributed by atoms with Crippen LogP contribution in [0.2, 0.25) is 0 Å². The van der Waals surface area contributed by atoms with Crippen molar-refractivity contribution < 1.29 is 19.1 Å². The molecule has 2 aromatic rings. The van der Waals surface area contributed by atoms with Gasteiger partial charge in [0.1, 0.15) is 0 Å². The molecule has 0 spiro atoms. The summed E-state index contributed by atoms with van der Waals surface area (Å²) in [6.07, 6.45) is 1.03. The number of carbonyl (C=O) groups excluding carboxylic acids is 2. The van der Waals surface area contributed by atoms with Crippen LogP contribution in [-0.2, 0) is 16.0 Å². The van der Waals surface area contributed by atoms with Gasteiger partial charge in [0.25, 0.3) is 0 Å². The van der Waals surface area contributed by atoms with Gasteiger partial charge >= 0.3 is 0 Å². The molecule has 0 saturated carbocycles. The highest BCUT2D eigenvalue weighted by atomic mass is 16.5. The van der Waals surface area contributed by atoms with Gasteiger partial charge in [0.05, 0.1) is 19.6 Å². The highest BCUT2D eigenvalue weighted by molar-refractivity contribution is 5.97. The summed E-state index contributed by atoms with van der Waals surface area (Å²) in [5, 5.41) is 2.89. The lowest BCUT2D eigenvalue weighted by Gasteiger charge is -2.17. The quantitative estimate of drug-likeness (QED) is 0.762. The van der Waals surface area contributed by atoms with E-state index in [1.54, 1.807) is 30.2 Å². The minimum absolute atomic E-state index is 0.0281. The topological polar surface area (TPSA) is 67.9 Å². The zero-order valence-electron chi connectivity index (χ0n) is 16.3. The number of nitrogens with zero attached hydrogens (tertiary/aromatic N) is 1. The van der Waals surface area contributed by atoms with E-state index < -0.39 is 0 Å². The third kappa shape index (κ3) is 4.82. The standard InChI is InChI=1S/C22H26N2O4/c1-3-28-19-10-9-18(14-20(19)27-2)23-22(26)17-13-21(25)24(15-17)12-11-16-7-5-4-6-8-16/h4-10,14,17H,3,11-13,15H2,1-2H3,(H,23,26)/t17-/m1/s1.